The van der Waals surface area contributed by atoms with Gasteiger partial charge in [0.25, 0.3) is 17.6 Å². The third-order valence-electron chi connectivity index (χ3n) is 11.7. The number of aliphatic hydroxyl groups is 2. The number of anilines is 1. The number of amides is 2. The Hall–Kier alpha value is -5.16. The molecule has 0 fully saturated rings. The minimum absolute atomic E-state index is 0.0628. The molecule has 3 aliphatic heterocycles. The van der Waals surface area contributed by atoms with Crippen LogP contribution >= 0.6 is 0 Å². The van der Waals surface area contributed by atoms with E-state index in [1.54, 1.807) is 59.0 Å². The summed E-state index contributed by atoms with van der Waals surface area (Å²) in [6.07, 6.45) is 5.14. The number of fused-ring (bicyclic) bond motifs is 14. The highest BCUT2D eigenvalue weighted by atomic mass is 16.7. The Labute approximate surface area is 357 Å². The van der Waals surface area contributed by atoms with E-state index >= 15 is 0 Å². The zero-order chi connectivity index (χ0) is 45.7. The summed E-state index contributed by atoms with van der Waals surface area (Å²) >= 11 is 0. The second-order valence-electron chi connectivity index (χ2n) is 16.4. The number of allylic oxidation sites excluding steroid dienone is 2. The van der Waals surface area contributed by atoms with Crippen molar-refractivity contribution in [1.29, 1.82) is 0 Å². The maximum atomic E-state index is 14.6. The van der Waals surface area contributed by atoms with Crippen molar-refractivity contribution in [2.24, 2.45) is 23.7 Å². The van der Waals surface area contributed by atoms with E-state index in [2.05, 4.69) is 5.32 Å². The van der Waals surface area contributed by atoms with Gasteiger partial charge in [-0.05, 0) is 26.3 Å². The van der Waals surface area contributed by atoms with Gasteiger partial charge in [0.15, 0.2) is 12.4 Å². The quantitative estimate of drug-likeness (QED) is 0.119. The van der Waals surface area contributed by atoms with Crippen LogP contribution in [0.3, 0.4) is 0 Å². The number of carbonyl (C=O) groups is 4. The topological polar surface area (TPSA) is 214 Å². The van der Waals surface area contributed by atoms with Gasteiger partial charge in [0, 0.05) is 87.9 Å². The Morgan fingerprint density at radius 3 is 2.25 bits per heavy atom. The molecule has 2 aromatic carbocycles. The van der Waals surface area contributed by atoms with Gasteiger partial charge in [-0.25, -0.2) is 5.01 Å². The van der Waals surface area contributed by atoms with Crippen molar-refractivity contribution >= 4 is 40.0 Å². The summed E-state index contributed by atoms with van der Waals surface area (Å²) in [6.45, 7) is 14.5. The number of benzene rings is 2. The fourth-order valence-electron chi connectivity index (χ4n) is 7.82. The predicted octanol–water partition coefficient (Wildman–Crippen LogP) is 5.53. The molecule has 2 amide bonds. The van der Waals surface area contributed by atoms with Gasteiger partial charge < -0.3 is 49.4 Å². The van der Waals surface area contributed by atoms with Crippen LogP contribution in [-0.4, -0.2) is 119 Å². The molecule has 5 bridgehead atoms. The minimum Gasteiger partial charge on any atom is -0.507 e. The smallest absolute Gasteiger partial charge is 0.312 e. The molecule has 9 atom stereocenters. The summed E-state index contributed by atoms with van der Waals surface area (Å²) in [5, 5.41) is 51.7. The van der Waals surface area contributed by atoms with E-state index in [0.717, 1.165) is 12.8 Å². The van der Waals surface area contributed by atoms with Crippen LogP contribution in [0.25, 0.3) is 10.8 Å². The number of carbonyl (C=O) groups excluding carboxylic acids is 4. The number of unbranched alkanes of at least 4 members (excludes halogenated alkanes) is 1. The molecule has 0 saturated heterocycles. The second-order valence-corrected chi connectivity index (χ2v) is 16.4. The van der Waals surface area contributed by atoms with Crippen molar-refractivity contribution < 1.29 is 63.3 Å². The molecule has 0 aromatic heterocycles. The lowest BCUT2D eigenvalue weighted by Crippen LogP contribution is -2.46. The van der Waals surface area contributed by atoms with E-state index in [1.165, 1.54) is 64.3 Å². The zero-order valence-corrected chi connectivity index (χ0v) is 37.3. The van der Waals surface area contributed by atoms with E-state index in [-0.39, 0.29) is 44.7 Å². The van der Waals surface area contributed by atoms with Gasteiger partial charge in [-0.1, -0.05) is 59.3 Å². The largest absolute Gasteiger partial charge is 0.507 e. The molecule has 61 heavy (non-hydrogen) atoms. The van der Waals surface area contributed by atoms with Gasteiger partial charge in [-0.15, -0.1) is 0 Å². The van der Waals surface area contributed by atoms with Crippen LogP contribution in [0.5, 0.6) is 23.0 Å². The first-order valence-corrected chi connectivity index (χ1v) is 20.6. The van der Waals surface area contributed by atoms with E-state index in [4.69, 9.17) is 23.7 Å². The molecule has 3 aliphatic rings. The molecule has 0 spiro atoms. The molecule has 9 unspecified atom stereocenters. The van der Waals surface area contributed by atoms with E-state index in [9.17, 15) is 39.6 Å². The lowest BCUT2D eigenvalue weighted by Gasteiger charge is -2.38. The summed E-state index contributed by atoms with van der Waals surface area (Å²) in [6, 6.07) is 1.27. The van der Waals surface area contributed by atoms with Crippen LogP contribution in [0.1, 0.15) is 84.2 Å². The molecular weight excluding hydrogens is 791 g/mol. The number of ketones is 1. The Bertz CT molecular complexity index is 2060. The molecule has 5 N–H and O–H groups in total. The van der Waals surface area contributed by atoms with Crippen molar-refractivity contribution in [3.8, 4) is 23.0 Å². The van der Waals surface area contributed by atoms with E-state index in [0.29, 0.717) is 6.54 Å². The van der Waals surface area contributed by atoms with Crippen molar-refractivity contribution in [3.05, 3.63) is 53.3 Å². The third kappa shape index (κ3) is 10.3. The monoisotopic (exact) mass is 853 g/mol. The Balaban J connectivity index is 1.94. The standard InChI is InChI=1S/C45H63N3O13/c1-13-14-19-48(47(10)11)33(50)22-58-32-21-30-40(54)35-34(32)36-42(28(7)39(35)53)61-45(9,43(36)55)59-20-18-31(57-12)25(4)41(60-29(8)49)27(6)38(52)26(5)37(51)23(2)16-15-17-24(3)44(56)46-30/h15-18,20-21,23,25-27,31,37-38,41,51-54H,13-14,19,22H2,1-12H3,(H,46,56)/b16-15-,20-18-,24-17-. The fourth-order valence-corrected chi connectivity index (χ4v) is 7.82. The van der Waals surface area contributed by atoms with Crippen molar-refractivity contribution in [1.82, 2.24) is 10.0 Å². The Morgan fingerprint density at radius 2 is 1.64 bits per heavy atom. The first kappa shape index (κ1) is 48.5. The van der Waals surface area contributed by atoms with Crippen LogP contribution in [0, 0.1) is 30.6 Å². The summed E-state index contributed by atoms with van der Waals surface area (Å²) in [7, 11) is 4.88. The molecule has 3 heterocycles. The van der Waals surface area contributed by atoms with Gasteiger partial charge in [-0.2, -0.15) is 0 Å². The lowest BCUT2D eigenvalue weighted by molar-refractivity contribution is -0.160. The van der Waals surface area contributed by atoms with E-state index in [1.807, 2.05) is 6.92 Å². The molecule has 16 heteroatoms. The number of methoxy groups -OCH3 is 1. The number of hydrogen-bond acceptors (Lipinski definition) is 14. The van der Waals surface area contributed by atoms with E-state index < -0.39 is 95.5 Å². The molecule has 336 valence electrons. The van der Waals surface area contributed by atoms with Gasteiger partial charge in [0.1, 0.15) is 23.4 Å². The van der Waals surface area contributed by atoms with Crippen LogP contribution in [-0.2, 0) is 28.6 Å². The maximum Gasteiger partial charge on any atom is 0.312 e. The zero-order valence-electron chi connectivity index (χ0n) is 37.3. The van der Waals surface area contributed by atoms with Crippen LogP contribution < -0.4 is 14.8 Å². The average Bonchev–Trinajstić information content (AvgIpc) is 3.47. The van der Waals surface area contributed by atoms with Gasteiger partial charge >= 0.3 is 11.8 Å². The number of hydrazine groups is 1. The number of nitrogens with zero attached hydrogens (tertiary/aromatic N) is 2. The van der Waals surface area contributed by atoms with Crippen LogP contribution in [0.15, 0.2) is 42.2 Å². The normalized spacial score (nSPS) is 29.3. The molecule has 5 rings (SSSR count). The highest BCUT2D eigenvalue weighted by Crippen LogP contribution is 2.54. The number of rotatable bonds is 9. The number of phenolic OH excluding ortho intramolecular Hbond substituents is 2. The number of ether oxygens (including phenoxy) is 5. The lowest BCUT2D eigenvalue weighted by atomic mass is 9.78. The highest BCUT2D eigenvalue weighted by molar-refractivity contribution is 6.21. The summed E-state index contributed by atoms with van der Waals surface area (Å²) < 4.78 is 29.9. The first-order chi connectivity index (χ1) is 28.6. The number of Topliss-reactive ketones (excluding diaryl/α,β-unsaturated/α-hetero) is 1. The molecule has 0 saturated carbocycles. The first-order valence-electron chi connectivity index (χ1n) is 20.6. The Morgan fingerprint density at radius 1 is 0.967 bits per heavy atom. The number of nitrogens with one attached hydrogen (secondary N) is 1. The molecule has 2 aromatic rings. The highest BCUT2D eigenvalue weighted by Gasteiger charge is 2.50. The number of phenols is 2. The van der Waals surface area contributed by atoms with Crippen molar-refractivity contribution in [2.75, 3.05) is 39.7 Å². The van der Waals surface area contributed by atoms with Crippen LogP contribution in [0.4, 0.5) is 5.69 Å². The van der Waals surface area contributed by atoms with Crippen molar-refractivity contribution in [3.63, 3.8) is 0 Å². The minimum atomic E-state index is -2.03. The number of aliphatic hydroxyl groups excluding tert-OH is 2. The SMILES string of the molecule is CCCCN(C(=O)COc1cc2c(O)c3c(O)c(C)c4c(c13)C(=O)C(C)(O/C=C\C(OC)C(C)C(OC(C)=O)C(C)C(O)C(C)C(O)C(C)/C=C\C=C(\C)C(=O)N2)O4)N(C)C. The summed E-state index contributed by atoms with van der Waals surface area (Å²) in [5.74, 6) is -8.13. The molecule has 0 radical (unpaired) electrons. The average molecular weight is 854 g/mol. The van der Waals surface area contributed by atoms with Crippen LogP contribution in [0.2, 0.25) is 0 Å². The van der Waals surface area contributed by atoms with Gasteiger partial charge in [0.05, 0.1) is 41.2 Å². The molecular formula is C45H63N3O13. The third-order valence-corrected chi connectivity index (χ3v) is 11.7. The second kappa shape index (κ2) is 20.1. The maximum absolute atomic E-state index is 14.6. The Kier molecular flexibility index (Phi) is 16.0. The van der Waals surface area contributed by atoms with Crippen molar-refractivity contribution in [2.45, 2.75) is 105 Å². The van der Waals surface area contributed by atoms with Gasteiger partial charge in [0.2, 0.25) is 0 Å². The number of hydrogen-bond donors (Lipinski definition) is 5. The summed E-state index contributed by atoms with van der Waals surface area (Å²) in [5.41, 5.74) is -0.0304. The number of esters is 1. The van der Waals surface area contributed by atoms with Gasteiger partial charge in [-0.3, -0.25) is 24.2 Å². The molecule has 16 nitrogen and oxygen atoms in total. The predicted molar refractivity (Wildman–Crippen MR) is 228 cm³/mol. The number of aromatic hydroxyl groups is 2. The fraction of sp³-hybridized carbons (Fsp3) is 0.556. The summed E-state index contributed by atoms with van der Waals surface area (Å²) in [4.78, 5) is 54.1. The molecule has 0 aliphatic carbocycles.